The average Bonchev–Trinajstić information content (AvgIpc) is 2.59. The van der Waals surface area contributed by atoms with Gasteiger partial charge in [-0.15, -0.1) is 0 Å². The van der Waals surface area contributed by atoms with E-state index < -0.39 is 17.0 Å². The zero-order valence-corrected chi connectivity index (χ0v) is 15.0. The number of hydrogen-bond donors (Lipinski definition) is 1. The Bertz CT molecular complexity index is 809. The topological polar surface area (TPSA) is 72.8 Å². The van der Waals surface area contributed by atoms with Crippen LogP contribution in [0.15, 0.2) is 53.0 Å². The van der Waals surface area contributed by atoms with E-state index in [0.717, 1.165) is 5.56 Å². The second kappa shape index (κ2) is 6.97. The molecule has 0 atom stereocenters. The van der Waals surface area contributed by atoms with Gasteiger partial charge in [-0.05, 0) is 39.0 Å². The van der Waals surface area contributed by atoms with E-state index in [2.05, 4.69) is 0 Å². The molecule has 0 amide bonds. The summed E-state index contributed by atoms with van der Waals surface area (Å²) in [6.45, 7) is 4.93. The summed E-state index contributed by atoms with van der Waals surface area (Å²) in [5, 5.41) is 10.4. The third-order valence-electron chi connectivity index (χ3n) is 4.29. The van der Waals surface area contributed by atoms with Gasteiger partial charge in [0.1, 0.15) is 22.8 Å². The number of allylic oxidation sites excluding steroid dienone is 4. The van der Waals surface area contributed by atoms with Crippen LogP contribution in [0.5, 0.6) is 5.75 Å². The van der Waals surface area contributed by atoms with Crippen molar-refractivity contribution in [3.63, 3.8) is 0 Å². The van der Waals surface area contributed by atoms with E-state index in [1.807, 2.05) is 12.1 Å². The second-order valence-electron chi connectivity index (χ2n) is 6.28. The Morgan fingerprint density at radius 2 is 1.76 bits per heavy atom. The van der Waals surface area contributed by atoms with E-state index in [1.54, 1.807) is 46.1 Å². The number of para-hydroxylation sites is 1. The molecule has 0 bridgehead atoms. The maximum atomic E-state index is 12.7. The van der Waals surface area contributed by atoms with Crippen LogP contribution < -0.4 is 4.74 Å². The molecule has 1 aliphatic carbocycles. The predicted molar refractivity (Wildman–Crippen MR) is 95.2 cm³/mol. The van der Waals surface area contributed by atoms with Crippen molar-refractivity contribution in [2.75, 3.05) is 14.2 Å². The Labute approximate surface area is 147 Å². The number of methoxy groups -OCH3 is 2. The van der Waals surface area contributed by atoms with Crippen LogP contribution in [0.2, 0.25) is 0 Å². The first-order valence-corrected chi connectivity index (χ1v) is 7.84. The zero-order valence-electron chi connectivity index (χ0n) is 15.0. The minimum Gasteiger partial charge on any atom is -0.507 e. The van der Waals surface area contributed by atoms with Crippen LogP contribution >= 0.6 is 0 Å². The van der Waals surface area contributed by atoms with Crippen molar-refractivity contribution < 1.29 is 24.2 Å². The van der Waals surface area contributed by atoms with Gasteiger partial charge in [0.15, 0.2) is 11.6 Å². The Morgan fingerprint density at radius 3 is 2.36 bits per heavy atom. The molecule has 5 nitrogen and oxygen atoms in total. The molecule has 5 heteroatoms. The number of hydrogen-bond acceptors (Lipinski definition) is 5. The Kier molecular flexibility index (Phi) is 5.16. The lowest BCUT2D eigenvalue weighted by Gasteiger charge is -2.31. The lowest BCUT2D eigenvalue weighted by atomic mass is 9.73. The fraction of sp³-hybridized carbons (Fsp3) is 0.300. The average molecular weight is 342 g/mol. The van der Waals surface area contributed by atoms with Crippen LogP contribution in [0.25, 0.3) is 6.08 Å². The van der Waals surface area contributed by atoms with Gasteiger partial charge in [-0.3, -0.25) is 9.59 Å². The minimum absolute atomic E-state index is 0.227. The number of aliphatic hydroxyl groups is 1. The van der Waals surface area contributed by atoms with Crippen LogP contribution in [0.4, 0.5) is 0 Å². The molecule has 0 radical (unpaired) electrons. The molecule has 0 spiro atoms. The third kappa shape index (κ3) is 3.22. The summed E-state index contributed by atoms with van der Waals surface area (Å²) in [4.78, 5) is 25.3. The summed E-state index contributed by atoms with van der Waals surface area (Å²) in [6, 6.07) is 7.23. The van der Waals surface area contributed by atoms with Gasteiger partial charge in [-0.25, -0.2) is 0 Å². The third-order valence-corrected chi connectivity index (χ3v) is 4.29. The SMILES string of the molecule is COC1=C(C)C(=O)/C(=C(O)/C=C/c2ccccc2OC)C(=O)C1(C)C. The molecule has 2 rings (SSSR count). The molecule has 132 valence electrons. The number of carbonyl (C=O) groups excluding carboxylic acids is 2. The number of ether oxygens (including phenoxy) is 2. The summed E-state index contributed by atoms with van der Waals surface area (Å²) in [5.41, 5.74) is -0.209. The van der Waals surface area contributed by atoms with E-state index in [4.69, 9.17) is 9.47 Å². The Morgan fingerprint density at radius 1 is 1.12 bits per heavy atom. The van der Waals surface area contributed by atoms with E-state index >= 15 is 0 Å². The highest BCUT2D eigenvalue weighted by molar-refractivity contribution is 6.30. The maximum Gasteiger partial charge on any atom is 0.199 e. The fourth-order valence-electron chi connectivity index (χ4n) is 2.98. The smallest absolute Gasteiger partial charge is 0.199 e. The number of benzene rings is 1. The molecule has 1 aromatic carbocycles. The van der Waals surface area contributed by atoms with E-state index in [1.165, 1.54) is 13.2 Å². The highest BCUT2D eigenvalue weighted by Gasteiger charge is 2.45. The highest BCUT2D eigenvalue weighted by atomic mass is 16.5. The van der Waals surface area contributed by atoms with Crippen LogP contribution in [0.3, 0.4) is 0 Å². The highest BCUT2D eigenvalue weighted by Crippen LogP contribution is 2.39. The van der Waals surface area contributed by atoms with Gasteiger partial charge in [-0.2, -0.15) is 0 Å². The summed E-state index contributed by atoms with van der Waals surface area (Å²) in [5.74, 6) is -0.419. The Balaban J connectivity index is 2.51. The largest absolute Gasteiger partial charge is 0.507 e. The molecule has 25 heavy (non-hydrogen) atoms. The van der Waals surface area contributed by atoms with Gasteiger partial charge in [0.25, 0.3) is 0 Å². The van der Waals surface area contributed by atoms with Crippen LogP contribution in [-0.4, -0.2) is 30.9 Å². The van der Waals surface area contributed by atoms with Gasteiger partial charge in [-0.1, -0.05) is 18.2 Å². The van der Waals surface area contributed by atoms with E-state index in [-0.39, 0.29) is 11.3 Å². The van der Waals surface area contributed by atoms with Gasteiger partial charge in [0, 0.05) is 11.1 Å². The minimum atomic E-state index is -1.02. The molecule has 1 N–H and O–H groups in total. The molecular weight excluding hydrogens is 320 g/mol. The van der Waals surface area contributed by atoms with Crippen molar-refractivity contribution in [3.8, 4) is 5.75 Å². The summed E-state index contributed by atoms with van der Waals surface area (Å²) in [7, 11) is 2.97. The van der Waals surface area contributed by atoms with Gasteiger partial charge in [0.05, 0.1) is 19.6 Å². The molecule has 1 aliphatic rings. The lowest BCUT2D eigenvalue weighted by molar-refractivity contribution is -0.127. The van der Waals surface area contributed by atoms with Crippen molar-refractivity contribution in [1.29, 1.82) is 0 Å². The monoisotopic (exact) mass is 342 g/mol. The summed E-state index contributed by atoms with van der Waals surface area (Å²) >= 11 is 0. The second-order valence-corrected chi connectivity index (χ2v) is 6.28. The van der Waals surface area contributed by atoms with Gasteiger partial charge in [0.2, 0.25) is 0 Å². The molecule has 0 unspecified atom stereocenters. The zero-order chi connectivity index (χ0) is 18.8. The van der Waals surface area contributed by atoms with Crippen molar-refractivity contribution in [2.24, 2.45) is 5.41 Å². The van der Waals surface area contributed by atoms with E-state index in [0.29, 0.717) is 17.1 Å². The number of rotatable bonds is 4. The number of carbonyl (C=O) groups is 2. The van der Waals surface area contributed by atoms with E-state index in [9.17, 15) is 14.7 Å². The normalized spacial score (nSPS) is 19.4. The number of Topliss-reactive ketones (excluding diaryl/α,β-unsaturated/α-hetero) is 2. The molecule has 0 aromatic heterocycles. The summed E-state index contributed by atoms with van der Waals surface area (Å²) in [6.07, 6.45) is 2.93. The lowest BCUT2D eigenvalue weighted by Crippen LogP contribution is -2.38. The first-order valence-electron chi connectivity index (χ1n) is 7.84. The first kappa shape index (κ1) is 18.5. The quantitative estimate of drug-likeness (QED) is 0.514. The molecular formula is C20H22O5. The molecule has 1 aromatic rings. The van der Waals surface area contributed by atoms with Crippen molar-refractivity contribution in [3.05, 3.63) is 58.6 Å². The van der Waals surface area contributed by atoms with Gasteiger partial charge < -0.3 is 14.6 Å². The van der Waals surface area contributed by atoms with Crippen molar-refractivity contribution in [2.45, 2.75) is 20.8 Å². The Hall–Kier alpha value is -2.82. The van der Waals surface area contributed by atoms with Crippen molar-refractivity contribution >= 4 is 17.6 Å². The fourth-order valence-corrected chi connectivity index (χ4v) is 2.98. The maximum absolute atomic E-state index is 12.7. The number of ketones is 2. The van der Waals surface area contributed by atoms with Crippen LogP contribution in [-0.2, 0) is 14.3 Å². The molecule has 0 aliphatic heterocycles. The predicted octanol–water partition coefficient (Wildman–Crippen LogP) is 3.62. The molecule has 0 fully saturated rings. The molecule has 0 saturated heterocycles. The molecule has 0 heterocycles. The summed E-state index contributed by atoms with van der Waals surface area (Å²) < 4.78 is 10.5. The van der Waals surface area contributed by atoms with Gasteiger partial charge >= 0.3 is 0 Å². The standard InChI is InChI=1S/C20H22O5/c1-12-17(22)16(18(23)20(2,3)19(12)25-5)14(21)11-10-13-8-6-7-9-15(13)24-4/h6-11,21H,1-5H3/b11-10+,16-14+. The van der Waals surface area contributed by atoms with Crippen molar-refractivity contribution in [1.82, 2.24) is 0 Å². The first-order chi connectivity index (χ1) is 11.8. The molecule has 0 saturated carbocycles. The number of aliphatic hydroxyl groups excluding tert-OH is 1. The van der Waals surface area contributed by atoms with Crippen LogP contribution in [0.1, 0.15) is 26.3 Å². The van der Waals surface area contributed by atoms with Crippen LogP contribution in [0, 0.1) is 5.41 Å².